The summed E-state index contributed by atoms with van der Waals surface area (Å²) in [6.45, 7) is 1.86. The molecule has 0 aliphatic carbocycles. The first-order valence-electron chi connectivity index (χ1n) is 5.93. The van der Waals surface area contributed by atoms with Crippen molar-refractivity contribution in [3.8, 4) is 5.69 Å². The third-order valence-electron chi connectivity index (χ3n) is 3.02. The Hall–Kier alpha value is -2.37. The van der Waals surface area contributed by atoms with Gasteiger partial charge >= 0.3 is 6.18 Å². The molecule has 0 saturated heterocycles. The molecule has 3 nitrogen and oxygen atoms in total. The van der Waals surface area contributed by atoms with E-state index in [1.807, 2.05) is 13.0 Å². The van der Waals surface area contributed by atoms with Crippen molar-refractivity contribution < 1.29 is 13.2 Å². The summed E-state index contributed by atoms with van der Waals surface area (Å²) in [5, 5.41) is 4.14. The van der Waals surface area contributed by atoms with Crippen molar-refractivity contribution in [1.29, 1.82) is 0 Å². The number of halogens is 3. The van der Waals surface area contributed by atoms with Crippen molar-refractivity contribution >= 4 is 10.9 Å². The van der Waals surface area contributed by atoms with E-state index in [1.54, 1.807) is 18.5 Å². The molecule has 0 amide bonds. The van der Waals surface area contributed by atoms with Crippen LogP contribution in [0.3, 0.4) is 0 Å². The van der Waals surface area contributed by atoms with Gasteiger partial charge in [-0.05, 0) is 30.7 Å². The minimum atomic E-state index is -4.39. The van der Waals surface area contributed by atoms with Gasteiger partial charge in [0, 0.05) is 11.6 Å². The van der Waals surface area contributed by atoms with E-state index in [9.17, 15) is 13.2 Å². The lowest BCUT2D eigenvalue weighted by molar-refractivity contribution is -0.136. The Bertz CT molecular complexity index is 775. The number of nitrogens with zero attached hydrogens (tertiary/aromatic N) is 3. The van der Waals surface area contributed by atoms with Gasteiger partial charge < -0.3 is 0 Å². The third-order valence-corrected chi connectivity index (χ3v) is 3.02. The summed E-state index contributed by atoms with van der Waals surface area (Å²) < 4.78 is 40.3. The molecule has 0 aliphatic rings. The van der Waals surface area contributed by atoms with Crippen molar-refractivity contribution in [2.24, 2.45) is 0 Å². The molecule has 2 aromatic heterocycles. The fourth-order valence-corrected chi connectivity index (χ4v) is 2.16. The highest BCUT2D eigenvalue weighted by atomic mass is 19.4. The number of rotatable bonds is 1. The van der Waals surface area contributed by atoms with Crippen LogP contribution in [0.25, 0.3) is 16.6 Å². The molecule has 0 radical (unpaired) electrons. The maximum absolute atomic E-state index is 12.9. The highest BCUT2D eigenvalue weighted by molar-refractivity contribution is 5.84. The smallest absolute Gasteiger partial charge is 0.262 e. The fourth-order valence-electron chi connectivity index (χ4n) is 2.16. The number of hydrogen-bond acceptors (Lipinski definition) is 2. The van der Waals surface area contributed by atoms with Gasteiger partial charge in [-0.2, -0.15) is 18.3 Å². The van der Waals surface area contributed by atoms with Gasteiger partial charge in [-0.1, -0.05) is 6.07 Å². The van der Waals surface area contributed by atoms with Gasteiger partial charge in [-0.25, -0.2) is 4.68 Å². The van der Waals surface area contributed by atoms with E-state index < -0.39 is 11.7 Å². The molecular weight excluding hydrogens is 267 g/mol. The first-order valence-corrected chi connectivity index (χ1v) is 5.93. The van der Waals surface area contributed by atoms with Gasteiger partial charge in [0.1, 0.15) is 0 Å². The minimum Gasteiger partial charge on any atom is -0.262 e. The molecule has 3 aromatic rings. The number of hydrogen-bond donors (Lipinski definition) is 0. The summed E-state index contributed by atoms with van der Waals surface area (Å²) in [5.74, 6) is 0. The van der Waals surface area contributed by atoms with Crippen LogP contribution >= 0.6 is 0 Å². The molecule has 0 spiro atoms. The predicted molar refractivity (Wildman–Crippen MR) is 68.6 cm³/mol. The average molecular weight is 277 g/mol. The second-order valence-electron chi connectivity index (χ2n) is 4.51. The fraction of sp³-hybridized carbons (Fsp3) is 0.143. The zero-order valence-corrected chi connectivity index (χ0v) is 10.5. The van der Waals surface area contributed by atoms with E-state index in [1.165, 1.54) is 16.9 Å². The highest BCUT2D eigenvalue weighted by Crippen LogP contribution is 2.35. The third kappa shape index (κ3) is 2.03. The molecular formula is C14H10F3N3. The van der Waals surface area contributed by atoms with Crippen LogP contribution in [-0.4, -0.2) is 14.8 Å². The van der Waals surface area contributed by atoms with Crippen LogP contribution in [0.5, 0.6) is 0 Å². The van der Waals surface area contributed by atoms with Crippen LogP contribution in [0.1, 0.15) is 11.1 Å². The molecule has 2 heterocycles. The van der Waals surface area contributed by atoms with Crippen LogP contribution in [0.2, 0.25) is 0 Å². The van der Waals surface area contributed by atoms with Gasteiger partial charge in [0.05, 0.1) is 29.2 Å². The molecule has 6 heteroatoms. The molecule has 20 heavy (non-hydrogen) atoms. The summed E-state index contributed by atoms with van der Waals surface area (Å²) in [5.41, 5.74) is 1.28. The molecule has 1 aromatic carbocycles. The van der Waals surface area contributed by atoms with Crippen molar-refractivity contribution in [1.82, 2.24) is 14.8 Å². The summed E-state index contributed by atoms with van der Waals surface area (Å²) >= 11 is 0. The molecule has 0 unspecified atom stereocenters. The van der Waals surface area contributed by atoms with Crippen molar-refractivity contribution in [2.75, 3.05) is 0 Å². The van der Waals surface area contributed by atoms with Crippen LogP contribution in [0, 0.1) is 6.92 Å². The lowest BCUT2D eigenvalue weighted by atomic mass is 10.1. The van der Waals surface area contributed by atoms with Crippen LogP contribution in [0.4, 0.5) is 13.2 Å². The Morgan fingerprint density at radius 2 is 1.90 bits per heavy atom. The summed E-state index contributed by atoms with van der Waals surface area (Å²) in [4.78, 5) is 4.04. The molecule has 102 valence electrons. The standard InChI is InChI=1S/C14H10F3N3/c1-9-5-10(7-18-6-9)20-13-4-2-3-12(14(15,16)17)11(13)8-19-20/h2-8H,1H3. The molecule has 0 saturated carbocycles. The Morgan fingerprint density at radius 3 is 2.60 bits per heavy atom. The SMILES string of the molecule is Cc1cncc(-n2ncc3c(C(F)(F)F)cccc32)c1. The Labute approximate surface area is 112 Å². The Balaban J connectivity index is 2.25. The van der Waals surface area contributed by atoms with E-state index in [0.29, 0.717) is 11.2 Å². The normalized spacial score (nSPS) is 12.0. The van der Waals surface area contributed by atoms with E-state index in [0.717, 1.165) is 11.6 Å². The van der Waals surface area contributed by atoms with Crippen LogP contribution in [-0.2, 0) is 6.18 Å². The van der Waals surface area contributed by atoms with Crippen molar-refractivity contribution in [3.05, 3.63) is 54.0 Å². The van der Waals surface area contributed by atoms with Crippen LogP contribution < -0.4 is 0 Å². The predicted octanol–water partition coefficient (Wildman–Crippen LogP) is 3.75. The van der Waals surface area contributed by atoms with Gasteiger partial charge in [0.25, 0.3) is 0 Å². The first-order chi connectivity index (χ1) is 9.47. The summed E-state index contributed by atoms with van der Waals surface area (Å²) in [7, 11) is 0. The monoisotopic (exact) mass is 277 g/mol. The van der Waals surface area contributed by atoms with Gasteiger partial charge in [-0.3, -0.25) is 4.98 Å². The quantitative estimate of drug-likeness (QED) is 0.678. The van der Waals surface area contributed by atoms with E-state index in [2.05, 4.69) is 10.1 Å². The first kappa shape index (κ1) is 12.7. The molecule has 0 bridgehead atoms. The van der Waals surface area contributed by atoms with E-state index in [4.69, 9.17) is 0 Å². The number of alkyl halides is 3. The van der Waals surface area contributed by atoms with Gasteiger partial charge in [0.2, 0.25) is 0 Å². The molecule has 0 N–H and O–H groups in total. The minimum absolute atomic E-state index is 0.0847. The zero-order chi connectivity index (χ0) is 14.3. The number of pyridine rings is 1. The highest BCUT2D eigenvalue weighted by Gasteiger charge is 2.33. The second-order valence-corrected chi connectivity index (χ2v) is 4.51. The largest absolute Gasteiger partial charge is 0.417 e. The summed E-state index contributed by atoms with van der Waals surface area (Å²) in [6.07, 6.45) is 0.0920. The number of aromatic nitrogens is 3. The van der Waals surface area contributed by atoms with Gasteiger partial charge in [-0.15, -0.1) is 0 Å². The Kier molecular flexibility index (Phi) is 2.74. The number of aryl methyl sites for hydroxylation is 1. The van der Waals surface area contributed by atoms with Crippen LogP contribution in [0.15, 0.2) is 42.9 Å². The lowest BCUT2D eigenvalue weighted by Gasteiger charge is -2.08. The Morgan fingerprint density at radius 1 is 1.10 bits per heavy atom. The van der Waals surface area contributed by atoms with Crippen molar-refractivity contribution in [2.45, 2.75) is 13.1 Å². The maximum Gasteiger partial charge on any atom is 0.417 e. The maximum atomic E-state index is 12.9. The zero-order valence-electron chi connectivity index (χ0n) is 10.5. The summed E-state index contributed by atoms with van der Waals surface area (Å²) in [6, 6.07) is 5.87. The topological polar surface area (TPSA) is 30.7 Å². The number of fused-ring (bicyclic) bond motifs is 1. The second kappa shape index (κ2) is 4.33. The van der Waals surface area contributed by atoms with E-state index in [-0.39, 0.29) is 5.39 Å². The molecule has 0 aliphatic heterocycles. The van der Waals surface area contributed by atoms with Crippen molar-refractivity contribution in [3.63, 3.8) is 0 Å². The molecule has 3 rings (SSSR count). The van der Waals surface area contributed by atoms with E-state index >= 15 is 0 Å². The lowest BCUT2D eigenvalue weighted by Crippen LogP contribution is -2.05. The van der Waals surface area contributed by atoms with Gasteiger partial charge in [0.15, 0.2) is 0 Å². The molecule has 0 atom stereocenters. The number of benzene rings is 1. The average Bonchev–Trinajstić information content (AvgIpc) is 2.81. The molecule has 0 fully saturated rings.